The van der Waals surface area contributed by atoms with Crippen molar-refractivity contribution in [3.63, 3.8) is 0 Å². The molecular formula is C5H4Cl2N2O. The molecule has 0 atom stereocenters. The zero-order valence-electron chi connectivity index (χ0n) is 4.92. The van der Waals surface area contributed by atoms with E-state index in [0.717, 1.165) is 4.53 Å². The summed E-state index contributed by atoms with van der Waals surface area (Å²) >= 11 is 10.6. The van der Waals surface area contributed by atoms with Crippen LogP contribution in [-0.2, 0) is 4.79 Å². The molecule has 0 saturated heterocycles. The third-order valence-electron chi connectivity index (χ3n) is 1.000. The van der Waals surface area contributed by atoms with Gasteiger partial charge in [-0.2, -0.15) is 9.63 Å². The monoisotopic (exact) mass is 178 g/mol. The largest absolute Gasteiger partial charge is 0.274 e. The molecule has 1 aliphatic rings. The van der Waals surface area contributed by atoms with Gasteiger partial charge in [0.15, 0.2) is 0 Å². The summed E-state index contributed by atoms with van der Waals surface area (Å²) in [6, 6.07) is 0. The minimum atomic E-state index is -0.591. The Morgan fingerprint density at radius 1 is 1.80 bits per heavy atom. The number of allylic oxidation sites excluding steroid dienone is 2. The molecule has 3 nitrogen and oxygen atoms in total. The molecule has 1 heterocycles. The van der Waals surface area contributed by atoms with Crippen molar-refractivity contribution in [1.29, 1.82) is 0 Å². The van der Waals surface area contributed by atoms with Crippen molar-refractivity contribution in [3.05, 3.63) is 11.8 Å². The molecule has 0 N–H and O–H groups in total. The summed E-state index contributed by atoms with van der Waals surface area (Å²) in [7, 11) is 0. The summed E-state index contributed by atoms with van der Waals surface area (Å²) in [6.07, 6.45) is 3.78. The highest BCUT2D eigenvalue weighted by molar-refractivity contribution is 6.67. The van der Waals surface area contributed by atoms with Crippen LogP contribution >= 0.6 is 23.4 Å². The van der Waals surface area contributed by atoms with E-state index in [1.54, 1.807) is 12.3 Å². The maximum atomic E-state index is 10.5. The van der Waals surface area contributed by atoms with Crippen molar-refractivity contribution < 1.29 is 4.79 Å². The minimum absolute atomic E-state index is 0.214. The predicted octanol–water partition coefficient (Wildman–Crippen LogP) is 1.48. The molecule has 0 unspecified atom stereocenters. The Bertz CT molecular complexity index is 212. The van der Waals surface area contributed by atoms with Crippen LogP contribution in [0.1, 0.15) is 6.42 Å². The third-order valence-corrected chi connectivity index (χ3v) is 1.46. The lowest BCUT2D eigenvalue weighted by Gasteiger charge is -2.12. The first kappa shape index (κ1) is 7.57. The molecule has 0 bridgehead atoms. The number of halogens is 2. The van der Waals surface area contributed by atoms with Crippen LogP contribution in [0.5, 0.6) is 0 Å². The van der Waals surface area contributed by atoms with Gasteiger partial charge < -0.3 is 0 Å². The van der Waals surface area contributed by atoms with Crippen LogP contribution in [0.15, 0.2) is 16.9 Å². The SMILES string of the molecule is O=C(Cl)C1=CCC=NN1Cl. The smallest absolute Gasteiger partial charge is 0.271 e. The van der Waals surface area contributed by atoms with Gasteiger partial charge in [-0.25, -0.2) is 0 Å². The fourth-order valence-corrected chi connectivity index (χ4v) is 0.981. The Morgan fingerprint density at radius 2 is 2.50 bits per heavy atom. The van der Waals surface area contributed by atoms with Crippen LogP contribution in [0.3, 0.4) is 0 Å². The molecule has 5 heteroatoms. The molecule has 54 valence electrons. The van der Waals surface area contributed by atoms with Gasteiger partial charge in [0.2, 0.25) is 0 Å². The lowest BCUT2D eigenvalue weighted by molar-refractivity contribution is -0.109. The van der Waals surface area contributed by atoms with E-state index in [2.05, 4.69) is 5.10 Å². The number of hydrogen-bond donors (Lipinski definition) is 0. The average molecular weight is 179 g/mol. The molecule has 0 fully saturated rings. The summed E-state index contributed by atoms with van der Waals surface area (Å²) in [5.74, 6) is 0. The van der Waals surface area contributed by atoms with Gasteiger partial charge in [-0.3, -0.25) is 4.79 Å². The van der Waals surface area contributed by atoms with Gasteiger partial charge in [0, 0.05) is 24.4 Å². The van der Waals surface area contributed by atoms with Gasteiger partial charge in [0.25, 0.3) is 5.24 Å². The van der Waals surface area contributed by atoms with Crippen molar-refractivity contribution in [2.75, 3.05) is 0 Å². The van der Waals surface area contributed by atoms with E-state index in [0.29, 0.717) is 6.42 Å². The van der Waals surface area contributed by atoms with Crippen molar-refractivity contribution in [2.24, 2.45) is 5.10 Å². The van der Waals surface area contributed by atoms with Crippen molar-refractivity contribution >= 4 is 34.8 Å². The summed E-state index contributed by atoms with van der Waals surface area (Å²) < 4.78 is 0.929. The molecule has 0 aliphatic carbocycles. The molecule has 1 rings (SSSR count). The Labute approximate surface area is 68.0 Å². The molecule has 0 aromatic rings. The molecular weight excluding hydrogens is 175 g/mol. The fraction of sp³-hybridized carbons (Fsp3) is 0.200. The zero-order chi connectivity index (χ0) is 7.56. The fourth-order valence-electron chi connectivity index (χ4n) is 0.573. The lowest BCUT2D eigenvalue weighted by atomic mass is 10.3. The Kier molecular flexibility index (Phi) is 2.29. The quantitative estimate of drug-likeness (QED) is 0.451. The number of hydrogen-bond acceptors (Lipinski definition) is 3. The highest BCUT2D eigenvalue weighted by atomic mass is 35.5. The van der Waals surface area contributed by atoms with Gasteiger partial charge >= 0.3 is 0 Å². The second-order valence-corrected chi connectivity index (χ2v) is 2.32. The maximum Gasteiger partial charge on any atom is 0.271 e. The van der Waals surface area contributed by atoms with E-state index < -0.39 is 5.24 Å². The van der Waals surface area contributed by atoms with Crippen LogP contribution in [0.2, 0.25) is 0 Å². The van der Waals surface area contributed by atoms with Crippen LogP contribution in [0.25, 0.3) is 0 Å². The normalized spacial score (nSPS) is 17.0. The number of nitrogens with zero attached hydrogens (tertiary/aromatic N) is 2. The molecule has 0 amide bonds. The summed E-state index contributed by atoms with van der Waals surface area (Å²) in [4.78, 5) is 10.5. The van der Waals surface area contributed by atoms with E-state index in [1.165, 1.54) is 0 Å². The Hall–Kier alpha value is -0.540. The van der Waals surface area contributed by atoms with Crippen LogP contribution < -0.4 is 0 Å². The van der Waals surface area contributed by atoms with E-state index in [-0.39, 0.29) is 5.70 Å². The molecule has 0 aromatic heterocycles. The van der Waals surface area contributed by atoms with Crippen LogP contribution in [-0.4, -0.2) is 16.0 Å². The first-order valence-electron chi connectivity index (χ1n) is 2.60. The van der Waals surface area contributed by atoms with Crippen molar-refractivity contribution in [2.45, 2.75) is 6.42 Å². The predicted molar refractivity (Wildman–Crippen MR) is 39.7 cm³/mol. The zero-order valence-corrected chi connectivity index (χ0v) is 6.43. The summed E-state index contributed by atoms with van der Waals surface area (Å²) in [6.45, 7) is 0. The number of hydrazone groups is 1. The van der Waals surface area contributed by atoms with E-state index in [4.69, 9.17) is 23.4 Å². The topological polar surface area (TPSA) is 32.7 Å². The van der Waals surface area contributed by atoms with Gasteiger partial charge in [0.1, 0.15) is 5.70 Å². The van der Waals surface area contributed by atoms with Crippen molar-refractivity contribution in [1.82, 2.24) is 4.53 Å². The first-order chi connectivity index (χ1) is 4.72. The first-order valence-corrected chi connectivity index (χ1v) is 3.32. The van der Waals surface area contributed by atoms with E-state index >= 15 is 0 Å². The summed E-state index contributed by atoms with van der Waals surface area (Å²) in [5.41, 5.74) is 0.214. The van der Waals surface area contributed by atoms with Gasteiger partial charge in [0.05, 0.1) is 0 Å². The second-order valence-electron chi connectivity index (χ2n) is 1.66. The molecule has 10 heavy (non-hydrogen) atoms. The Morgan fingerprint density at radius 3 is 2.90 bits per heavy atom. The maximum absolute atomic E-state index is 10.5. The van der Waals surface area contributed by atoms with Crippen molar-refractivity contribution in [3.8, 4) is 0 Å². The average Bonchev–Trinajstić information content (AvgIpc) is 1.88. The number of rotatable bonds is 1. The number of carbonyl (C=O) groups is 1. The van der Waals surface area contributed by atoms with Gasteiger partial charge in [-0.15, -0.1) is 0 Å². The standard InChI is InChI=1S/C5H4Cl2N2O/c6-5(10)4-2-1-3-8-9(4)7/h2-3H,1H2. The Balaban J connectivity index is 2.76. The van der Waals surface area contributed by atoms with Crippen LogP contribution in [0, 0.1) is 0 Å². The molecule has 0 radical (unpaired) electrons. The van der Waals surface area contributed by atoms with Gasteiger partial charge in [-0.1, -0.05) is 0 Å². The van der Waals surface area contributed by atoms with Gasteiger partial charge in [-0.05, 0) is 17.7 Å². The molecule has 0 spiro atoms. The third kappa shape index (κ3) is 1.49. The summed E-state index contributed by atoms with van der Waals surface area (Å²) in [5, 5.41) is 3.04. The van der Waals surface area contributed by atoms with Crippen LogP contribution in [0.4, 0.5) is 0 Å². The van der Waals surface area contributed by atoms with E-state index in [1.807, 2.05) is 0 Å². The van der Waals surface area contributed by atoms with E-state index in [9.17, 15) is 4.79 Å². The minimum Gasteiger partial charge on any atom is -0.274 e. The highest BCUT2D eigenvalue weighted by Crippen LogP contribution is 2.15. The number of carbonyl (C=O) groups excluding carboxylic acids is 1. The molecule has 1 aliphatic heterocycles. The molecule has 0 saturated carbocycles. The molecule has 0 aromatic carbocycles. The lowest BCUT2D eigenvalue weighted by Crippen LogP contribution is -2.12. The second kappa shape index (κ2) is 3.03. The highest BCUT2D eigenvalue weighted by Gasteiger charge is 2.14.